The first-order valence-corrected chi connectivity index (χ1v) is 5.13. The normalized spacial score (nSPS) is 10.5. The molecule has 15 heavy (non-hydrogen) atoms. The summed E-state index contributed by atoms with van der Waals surface area (Å²) in [6.45, 7) is 2.06. The molecule has 1 N–H and O–H groups in total. The predicted molar refractivity (Wildman–Crippen MR) is 59.3 cm³/mol. The van der Waals surface area contributed by atoms with Gasteiger partial charge in [-0.05, 0) is 49.1 Å². The smallest absolute Gasteiger partial charge is 0.123 e. The number of aromatic nitrogens is 1. The fourth-order valence-electron chi connectivity index (χ4n) is 1.73. The van der Waals surface area contributed by atoms with Crippen LogP contribution in [-0.2, 0) is 12.8 Å². The second-order valence-electron chi connectivity index (χ2n) is 3.76. The van der Waals surface area contributed by atoms with E-state index in [1.165, 1.54) is 17.3 Å². The highest BCUT2D eigenvalue weighted by Gasteiger charge is 2.00. The van der Waals surface area contributed by atoms with Crippen LogP contribution in [0.4, 0.5) is 4.39 Å². The molecule has 0 fully saturated rings. The minimum absolute atomic E-state index is 0.154. The van der Waals surface area contributed by atoms with E-state index < -0.39 is 0 Å². The standard InChI is InChI=1S/C13H14FN/c1-10-12(7-8-15-10)6-5-11-3-2-4-13(14)9-11/h2-4,7-9,15H,5-6H2,1H3. The molecule has 2 aromatic rings. The summed E-state index contributed by atoms with van der Waals surface area (Å²) in [5, 5.41) is 0. The predicted octanol–water partition coefficient (Wildman–Crippen LogP) is 3.25. The van der Waals surface area contributed by atoms with E-state index in [0.717, 1.165) is 18.4 Å². The van der Waals surface area contributed by atoms with E-state index in [2.05, 4.69) is 18.0 Å². The summed E-state index contributed by atoms with van der Waals surface area (Å²) in [6, 6.07) is 8.88. The number of hydrogen-bond acceptors (Lipinski definition) is 0. The third-order valence-corrected chi connectivity index (χ3v) is 2.64. The van der Waals surface area contributed by atoms with Crippen LogP contribution >= 0.6 is 0 Å². The lowest BCUT2D eigenvalue weighted by Gasteiger charge is -2.01. The lowest BCUT2D eigenvalue weighted by atomic mass is 10.1. The molecule has 2 rings (SSSR count). The van der Waals surface area contributed by atoms with Crippen molar-refractivity contribution in [2.45, 2.75) is 19.8 Å². The molecule has 0 atom stereocenters. The average Bonchev–Trinajstić information content (AvgIpc) is 2.61. The maximum Gasteiger partial charge on any atom is 0.123 e. The molecule has 1 nitrogen and oxygen atoms in total. The minimum atomic E-state index is -0.154. The molecule has 2 heteroatoms. The zero-order valence-corrected chi connectivity index (χ0v) is 8.76. The first-order valence-electron chi connectivity index (χ1n) is 5.13. The van der Waals surface area contributed by atoms with Crippen LogP contribution in [-0.4, -0.2) is 4.98 Å². The Morgan fingerprint density at radius 1 is 1.20 bits per heavy atom. The monoisotopic (exact) mass is 203 g/mol. The van der Waals surface area contributed by atoms with Crippen molar-refractivity contribution in [1.29, 1.82) is 0 Å². The van der Waals surface area contributed by atoms with Crippen molar-refractivity contribution in [1.82, 2.24) is 4.98 Å². The van der Waals surface area contributed by atoms with Gasteiger partial charge in [0, 0.05) is 11.9 Å². The first kappa shape index (κ1) is 9.97. The van der Waals surface area contributed by atoms with Crippen LogP contribution in [0.5, 0.6) is 0 Å². The highest BCUT2D eigenvalue weighted by Crippen LogP contribution is 2.11. The highest BCUT2D eigenvalue weighted by molar-refractivity contribution is 5.22. The van der Waals surface area contributed by atoms with Crippen LogP contribution < -0.4 is 0 Å². The van der Waals surface area contributed by atoms with Crippen molar-refractivity contribution < 1.29 is 4.39 Å². The van der Waals surface area contributed by atoms with Gasteiger partial charge in [-0.15, -0.1) is 0 Å². The van der Waals surface area contributed by atoms with Gasteiger partial charge in [-0.3, -0.25) is 0 Å². The quantitative estimate of drug-likeness (QED) is 0.788. The molecule has 1 aromatic carbocycles. The summed E-state index contributed by atoms with van der Waals surface area (Å²) >= 11 is 0. The van der Waals surface area contributed by atoms with Gasteiger partial charge >= 0.3 is 0 Å². The van der Waals surface area contributed by atoms with Crippen molar-refractivity contribution in [3.8, 4) is 0 Å². The van der Waals surface area contributed by atoms with E-state index in [0.29, 0.717) is 0 Å². The maximum atomic E-state index is 12.9. The largest absolute Gasteiger partial charge is 0.365 e. The number of aromatic amines is 1. The lowest BCUT2D eigenvalue weighted by Crippen LogP contribution is -1.92. The number of benzene rings is 1. The Labute approximate surface area is 89.0 Å². The summed E-state index contributed by atoms with van der Waals surface area (Å²) in [5.74, 6) is -0.154. The van der Waals surface area contributed by atoms with Gasteiger partial charge in [-0.25, -0.2) is 4.39 Å². The first-order chi connectivity index (χ1) is 7.25. The maximum absolute atomic E-state index is 12.9. The fraction of sp³-hybridized carbons (Fsp3) is 0.231. The zero-order valence-electron chi connectivity index (χ0n) is 8.76. The second kappa shape index (κ2) is 4.30. The fourth-order valence-corrected chi connectivity index (χ4v) is 1.73. The number of halogens is 1. The van der Waals surface area contributed by atoms with E-state index >= 15 is 0 Å². The van der Waals surface area contributed by atoms with Gasteiger partial charge < -0.3 is 4.98 Å². The Balaban J connectivity index is 2.02. The molecule has 0 unspecified atom stereocenters. The van der Waals surface area contributed by atoms with Crippen molar-refractivity contribution in [3.63, 3.8) is 0 Å². The second-order valence-corrected chi connectivity index (χ2v) is 3.76. The molecule has 0 saturated carbocycles. The molecule has 0 spiro atoms. The van der Waals surface area contributed by atoms with E-state index in [1.807, 2.05) is 12.3 Å². The summed E-state index contributed by atoms with van der Waals surface area (Å²) in [7, 11) is 0. The van der Waals surface area contributed by atoms with Gasteiger partial charge in [0.15, 0.2) is 0 Å². The van der Waals surface area contributed by atoms with Crippen LogP contribution in [0.3, 0.4) is 0 Å². The molecule has 1 heterocycles. The SMILES string of the molecule is Cc1[nH]ccc1CCc1cccc(F)c1. The lowest BCUT2D eigenvalue weighted by molar-refractivity contribution is 0.625. The van der Waals surface area contributed by atoms with Crippen molar-refractivity contribution >= 4 is 0 Å². The van der Waals surface area contributed by atoms with Gasteiger partial charge in [0.25, 0.3) is 0 Å². The van der Waals surface area contributed by atoms with Crippen LogP contribution in [0.1, 0.15) is 16.8 Å². The van der Waals surface area contributed by atoms with Crippen molar-refractivity contribution in [2.75, 3.05) is 0 Å². The molecule has 0 amide bonds. The Kier molecular flexibility index (Phi) is 2.86. The average molecular weight is 203 g/mol. The van der Waals surface area contributed by atoms with E-state index in [4.69, 9.17) is 0 Å². The van der Waals surface area contributed by atoms with Crippen molar-refractivity contribution in [2.24, 2.45) is 0 Å². The van der Waals surface area contributed by atoms with Gasteiger partial charge in [0.1, 0.15) is 5.82 Å². The summed E-state index contributed by atoms with van der Waals surface area (Å²) in [4.78, 5) is 3.14. The third-order valence-electron chi connectivity index (χ3n) is 2.64. The third kappa shape index (κ3) is 2.46. The number of nitrogens with one attached hydrogen (secondary N) is 1. The van der Waals surface area contributed by atoms with Gasteiger partial charge in [-0.2, -0.15) is 0 Å². The molecule has 0 saturated heterocycles. The van der Waals surface area contributed by atoms with Gasteiger partial charge in [0.05, 0.1) is 0 Å². The molecule has 78 valence electrons. The zero-order chi connectivity index (χ0) is 10.7. The number of rotatable bonds is 3. The molecule has 0 aliphatic carbocycles. The van der Waals surface area contributed by atoms with Crippen LogP contribution in [0.2, 0.25) is 0 Å². The summed E-state index contributed by atoms with van der Waals surface area (Å²) in [6.07, 6.45) is 3.78. The van der Waals surface area contributed by atoms with Gasteiger partial charge in [-0.1, -0.05) is 12.1 Å². The highest BCUT2D eigenvalue weighted by atomic mass is 19.1. The summed E-state index contributed by atoms with van der Waals surface area (Å²) in [5.41, 5.74) is 3.56. The Hall–Kier alpha value is -1.57. The van der Waals surface area contributed by atoms with Crippen LogP contribution in [0.15, 0.2) is 36.5 Å². The number of hydrogen-bond donors (Lipinski definition) is 1. The Morgan fingerprint density at radius 3 is 2.73 bits per heavy atom. The molecule has 0 aliphatic rings. The van der Waals surface area contributed by atoms with Crippen LogP contribution in [0.25, 0.3) is 0 Å². The molecular formula is C13H14FN. The van der Waals surface area contributed by atoms with Crippen LogP contribution in [0, 0.1) is 12.7 Å². The molecular weight excluding hydrogens is 189 g/mol. The number of aryl methyl sites for hydroxylation is 3. The molecule has 0 aliphatic heterocycles. The van der Waals surface area contributed by atoms with E-state index in [1.54, 1.807) is 12.1 Å². The van der Waals surface area contributed by atoms with Gasteiger partial charge in [0.2, 0.25) is 0 Å². The van der Waals surface area contributed by atoms with E-state index in [-0.39, 0.29) is 5.82 Å². The Bertz CT molecular complexity index is 445. The minimum Gasteiger partial charge on any atom is -0.365 e. The number of H-pyrrole nitrogens is 1. The molecule has 1 aromatic heterocycles. The summed E-state index contributed by atoms with van der Waals surface area (Å²) < 4.78 is 12.9. The molecule has 0 radical (unpaired) electrons. The van der Waals surface area contributed by atoms with Crippen molar-refractivity contribution in [3.05, 3.63) is 59.2 Å². The Morgan fingerprint density at radius 2 is 2.07 bits per heavy atom. The topological polar surface area (TPSA) is 15.8 Å². The molecule has 0 bridgehead atoms. The van der Waals surface area contributed by atoms with E-state index in [9.17, 15) is 4.39 Å².